The molecule has 5 amide bonds. The van der Waals surface area contributed by atoms with E-state index in [-0.39, 0.29) is 18.1 Å². The van der Waals surface area contributed by atoms with Crippen LogP contribution < -0.4 is 20.3 Å². The largest absolute Gasteiger partial charge is 0.484 e. The van der Waals surface area contributed by atoms with Crippen molar-refractivity contribution in [1.29, 1.82) is 0 Å². The minimum Gasteiger partial charge on any atom is -0.484 e. The van der Waals surface area contributed by atoms with Gasteiger partial charge in [-0.05, 0) is 61.9 Å². The van der Waals surface area contributed by atoms with Crippen LogP contribution >= 0.6 is 0 Å². The second-order valence-corrected chi connectivity index (χ2v) is 8.07. The smallest absolute Gasteiger partial charge is 0.335 e. The van der Waals surface area contributed by atoms with Crippen molar-refractivity contribution >= 4 is 41.2 Å². The van der Waals surface area contributed by atoms with Crippen LogP contribution in [0.4, 0.5) is 16.2 Å². The number of urea groups is 1. The molecule has 35 heavy (non-hydrogen) atoms. The Labute approximate surface area is 202 Å². The van der Waals surface area contributed by atoms with Crippen LogP contribution in [0, 0.1) is 13.8 Å². The number of hydrogen-bond donors (Lipinski definition) is 2. The summed E-state index contributed by atoms with van der Waals surface area (Å²) in [6.45, 7) is 3.67. The van der Waals surface area contributed by atoms with E-state index in [4.69, 9.17) is 4.74 Å². The number of nitrogens with zero attached hydrogens (tertiary/aromatic N) is 1. The number of carbonyl (C=O) groups excluding carboxylic acids is 4. The predicted molar refractivity (Wildman–Crippen MR) is 132 cm³/mol. The molecule has 1 heterocycles. The SMILES string of the molecule is Cc1ccc(NC(=O)COc2ccc(C=C3C(=O)NC(=O)N(c4ccc(C)cc4)C3=O)cc2)cc1. The van der Waals surface area contributed by atoms with Crippen molar-refractivity contribution in [2.24, 2.45) is 0 Å². The molecule has 1 aliphatic heterocycles. The molecule has 0 radical (unpaired) electrons. The van der Waals surface area contributed by atoms with Gasteiger partial charge in [-0.1, -0.05) is 47.5 Å². The van der Waals surface area contributed by atoms with Gasteiger partial charge in [0.25, 0.3) is 17.7 Å². The van der Waals surface area contributed by atoms with Crippen LogP contribution in [0.1, 0.15) is 16.7 Å². The molecule has 8 nitrogen and oxygen atoms in total. The van der Waals surface area contributed by atoms with Gasteiger partial charge in [-0.15, -0.1) is 0 Å². The third kappa shape index (κ3) is 5.62. The summed E-state index contributed by atoms with van der Waals surface area (Å²) in [5, 5.41) is 4.95. The number of imide groups is 2. The first-order valence-corrected chi connectivity index (χ1v) is 10.9. The second kappa shape index (κ2) is 10.0. The van der Waals surface area contributed by atoms with Crippen LogP contribution in [0.3, 0.4) is 0 Å². The van der Waals surface area contributed by atoms with Gasteiger partial charge in [0.05, 0.1) is 5.69 Å². The summed E-state index contributed by atoms with van der Waals surface area (Å²) in [6.07, 6.45) is 1.40. The predicted octanol–water partition coefficient (Wildman–Crippen LogP) is 3.99. The molecular formula is C27H23N3O5. The van der Waals surface area contributed by atoms with E-state index < -0.39 is 17.8 Å². The molecule has 0 atom stereocenters. The Morgan fingerprint density at radius 2 is 1.49 bits per heavy atom. The van der Waals surface area contributed by atoms with Gasteiger partial charge in [-0.2, -0.15) is 0 Å². The maximum absolute atomic E-state index is 13.0. The summed E-state index contributed by atoms with van der Waals surface area (Å²) in [7, 11) is 0. The molecule has 176 valence electrons. The quantitative estimate of drug-likeness (QED) is 0.420. The molecule has 4 rings (SSSR count). The van der Waals surface area contributed by atoms with Gasteiger partial charge in [-0.25, -0.2) is 9.69 Å². The highest BCUT2D eigenvalue weighted by Crippen LogP contribution is 2.23. The standard InChI is InChI=1S/C27H23N3O5/c1-17-3-9-20(10-4-17)28-24(31)16-35-22-13-7-19(8-14-22)15-23-25(32)29-27(34)30(26(23)33)21-11-5-18(2)6-12-21/h3-15H,16H2,1-2H3,(H,28,31)(H,29,32,34). The van der Waals surface area contributed by atoms with Crippen LogP contribution in [0.25, 0.3) is 6.08 Å². The highest BCUT2D eigenvalue weighted by molar-refractivity contribution is 6.39. The minimum atomic E-state index is -0.798. The number of carbonyl (C=O) groups is 4. The maximum atomic E-state index is 13.0. The van der Waals surface area contributed by atoms with E-state index in [1.165, 1.54) is 6.08 Å². The molecule has 0 spiro atoms. The van der Waals surface area contributed by atoms with E-state index in [1.54, 1.807) is 48.5 Å². The Morgan fingerprint density at radius 1 is 0.886 bits per heavy atom. The molecule has 1 saturated heterocycles. The molecule has 0 aromatic heterocycles. The van der Waals surface area contributed by atoms with Crippen LogP contribution in [-0.2, 0) is 14.4 Å². The topological polar surface area (TPSA) is 105 Å². The highest BCUT2D eigenvalue weighted by Gasteiger charge is 2.36. The number of aryl methyl sites for hydroxylation is 2. The van der Waals surface area contributed by atoms with Gasteiger partial charge < -0.3 is 10.1 Å². The number of nitrogens with one attached hydrogen (secondary N) is 2. The Kier molecular flexibility index (Phi) is 6.73. The molecule has 1 aliphatic rings. The summed E-state index contributed by atoms with van der Waals surface area (Å²) in [4.78, 5) is 50.6. The van der Waals surface area contributed by atoms with Crippen LogP contribution in [0.15, 0.2) is 78.4 Å². The van der Waals surface area contributed by atoms with Gasteiger partial charge in [0, 0.05) is 5.69 Å². The van der Waals surface area contributed by atoms with Crippen LogP contribution in [-0.4, -0.2) is 30.4 Å². The van der Waals surface area contributed by atoms with Crippen LogP contribution in [0.2, 0.25) is 0 Å². The van der Waals surface area contributed by atoms with Gasteiger partial charge in [0.1, 0.15) is 11.3 Å². The number of ether oxygens (including phenoxy) is 1. The second-order valence-electron chi connectivity index (χ2n) is 8.07. The fourth-order valence-corrected chi connectivity index (χ4v) is 3.40. The molecule has 0 saturated carbocycles. The molecule has 0 bridgehead atoms. The van der Waals surface area contributed by atoms with Gasteiger partial charge in [0.2, 0.25) is 0 Å². The van der Waals surface area contributed by atoms with E-state index in [2.05, 4.69) is 10.6 Å². The molecule has 3 aromatic rings. The Morgan fingerprint density at radius 3 is 2.11 bits per heavy atom. The van der Waals surface area contributed by atoms with Gasteiger partial charge in [0.15, 0.2) is 6.61 Å². The van der Waals surface area contributed by atoms with E-state index in [9.17, 15) is 19.2 Å². The third-order valence-electron chi connectivity index (χ3n) is 5.29. The lowest BCUT2D eigenvalue weighted by Gasteiger charge is -2.26. The van der Waals surface area contributed by atoms with Crippen molar-refractivity contribution in [3.63, 3.8) is 0 Å². The molecule has 2 N–H and O–H groups in total. The summed E-state index contributed by atoms with van der Waals surface area (Å²) >= 11 is 0. The molecule has 1 fully saturated rings. The Hall–Kier alpha value is -4.72. The van der Waals surface area contributed by atoms with Crippen molar-refractivity contribution in [3.8, 4) is 5.75 Å². The minimum absolute atomic E-state index is 0.170. The number of anilines is 2. The van der Waals surface area contributed by atoms with E-state index in [0.29, 0.717) is 22.7 Å². The summed E-state index contributed by atoms with van der Waals surface area (Å²) < 4.78 is 5.52. The number of amides is 5. The average molecular weight is 469 g/mol. The van der Waals surface area contributed by atoms with Gasteiger partial charge >= 0.3 is 6.03 Å². The first kappa shape index (κ1) is 23.4. The van der Waals surface area contributed by atoms with E-state index in [0.717, 1.165) is 16.0 Å². The number of rotatable bonds is 6. The molecule has 0 unspecified atom stereocenters. The van der Waals surface area contributed by atoms with Crippen molar-refractivity contribution in [1.82, 2.24) is 5.32 Å². The third-order valence-corrected chi connectivity index (χ3v) is 5.29. The molecule has 8 heteroatoms. The fourth-order valence-electron chi connectivity index (χ4n) is 3.40. The Balaban J connectivity index is 1.42. The summed E-state index contributed by atoms with van der Waals surface area (Å²) in [5.41, 5.74) is 3.50. The first-order valence-electron chi connectivity index (χ1n) is 10.9. The van der Waals surface area contributed by atoms with Crippen molar-refractivity contribution in [3.05, 3.63) is 95.1 Å². The first-order chi connectivity index (χ1) is 16.8. The lowest BCUT2D eigenvalue weighted by atomic mass is 10.1. The summed E-state index contributed by atoms with van der Waals surface area (Å²) in [6, 6.07) is 20.0. The molecule has 3 aromatic carbocycles. The summed E-state index contributed by atoms with van der Waals surface area (Å²) in [5.74, 6) is -1.33. The number of hydrogen-bond acceptors (Lipinski definition) is 5. The monoisotopic (exact) mass is 469 g/mol. The zero-order chi connectivity index (χ0) is 24.9. The lowest BCUT2D eigenvalue weighted by molar-refractivity contribution is -0.122. The van der Waals surface area contributed by atoms with Crippen molar-refractivity contribution in [2.45, 2.75) is 13.8 Å². The fraction of sp³-hybridized carbons (Fsp3) is 0.111. The molecule has 0 aliphatic carbocycles. The highest BCUT2D eigenvalue weighted by atomic mass is 16.5. The van der Waals surface area contributed by atoms with E-state index in [1.807, 2.05) is 38.1 Å². The van der Waals surface area contributed by atoms with E-state index >= 15 is 0 Å². The molecular weight excluding hydrogens is 446 g/mol. The van der Waals surface area contributed by atoms with Crippen LogP contribution in [0.5, 0.6) is 5.75 Å². The Bertz CT molecular complexity index is 1310. The zero-order valence-electron chi connectivity index (χ0n) is 19.2. The normalized spacial score (nSPS) is 14.6. The van der Waals surface area contributed by atoms with Gasteiger partial charge in [-0.3, -0.25) is 19.7 Å². The zero-order valence-corrected chi connectivity index (χ0v) is 19.2. The van der Waals surface area contributed by atoms with Crippen molar-refractivity contribution in [2.75, 3.05) is 16.8 Å². The number of barbiturate groups is 1. The number of benzene rings is 3. The van der Waals surface area contributed by atoms with Crippen molar-refractivity contribution < 1.29 is 23.9 Å². The average Bonchev–Trinajstić information content (AvgIpc) is 2.84. The maximum Gasteiger partial charge on any atom is 0.335 e. The lowest BCUT2D eigenvalue weighted by Crippen LogP contribution is -2.54.